The normalized spacial score (nSPS) is 12.6. The van der Waals surface area contributed by atoms with Gasteiger partial charge in [-0.2, -0.15) is 0 Å². The van der Waals surface area contributed by atoms with Gasteiger partial charge in [-0.1, -0.05) is 60.7 Å². The molecule has 6 aromatic carbocycles. The van der Waals surface area contributed by atoms with Gasteiger partial charge in [0.25, 0.3) is 0 Å². The van der Waals surface area contributed by atoms with E-state index in [1.807, 2.05) is 0 Å². The second-order valence-electron chi connectivity index (χ2n) is 11.5. The summed E-state index contributed by atoms with van der Waals surface area (Å²) in [7, 11) is 0. The Morgan fingerprint density at radius 1 is 0.421 bits per heavy atom. The number of hydrogen-bond donors (Lipinski definition) is 0. The van der Waals surface area contributed by atoms with Crippen LogP contribution in [0.4, 0.5) is 0 Å². The van der Waals surface area contributed by atoms with Gasteiger partial charge in [0, 0.05) is 38.3 Å². The molecule has 2 nitrogen and oxygen atoms in total. The monoisotopic (exact) mass is 488 g/mol. The first-order valence-corrected chi connectivity index (χ1v) is 13.4. The van der Waals surface area contributed by atoms with Gasteiger partial charge >= 0.3 is 0 Å². The van der Waals surface area contributed by atoms with E-state index in [2.05, 4.69) is 145 Å². The lowest BCUT2D eigenvalue weighted by Gasteiger charge is -2.24. The molecule has 0 saturated heterocycles. The first-order chi connectivity index (χ1) is 18.5. The molecule has 2 heteroatoms. The van der Waals surface area contributed by atoms with Crippen molar-refractivity contribution in [2.75, 3.05) is 0 Å². The highest BCUT2D eigenvalue weighted by molar-refractivity contribution is 6.21. The number of fused-ring (bicyclic) bond motifs is 8. The molecule has 0 saturated carbocycles. The zero-order valence-electron chi connectivity index (χ0n) is 21.9. The summed E-state index contributed by atoms with van der Waals surface area (Å²) >= 11 is 0. The van der Waals surface area contributed by atoms with E-state index in [9.17, 15) is 0 Å². The molecular formula is C36H28N2. The topological polar surface area (TPSA) is 9.86 Å². The van der Waals surface area contributed by atoms with Gasteiger partial charge in [-0.05, 0) is 96.9 Å². The predicted molar refractivity (Wildman–Crippen MR) is 164 cm³/mol. The number of nitrogens with zero attached hydrogens (tertiary/aromatic N) is 2. The SMILES string of the molecule is CC(C)(C)n1c2ccccc2c2cc3c4cc5cc6ccccc6cc5cc4n(-c4ccccc4)c3cc21. The largest absolute Gasteiger partial charge is 0.335 e. The molecule has 0 aliphatic carbocycles. The Balaban J connectivity index is 1.60. The van der Waals surface area contributed by atoms with Gasteiger partial charge in [0.1, 0.15) is 0 Å². The van der Waals surface area contributed by atoms with Crippen molar-refractivity contribution < 1.29 is 0 Å². The Morgan fingerprint density at radius 2 is 1.00 bits per heavy atom. The summed E-state index contributed by atoms with van der Waals surface area (Å²) in [6.07, 6.45) is 0. The molecule has 8 rings (SSSR count). The molecule has 0 unspecified atom stereocenters. The summed E-state index contributed by atoms with van der Waals surface area (Å²) in [5, 5.41) is 10.3. The van der Waals surface area contributed by atoms with Crippen LogP contribution in [0.15, 0.2) is 115 Å². The van der Waals surface area contributed by atoms with Crippen LogP contribution in [0.25, 0.3) is 70.8 Å². The van der Waals surface area contributed by atoms with E-state index >= 15 is 0 Å². The summed E-state index contributed by atoms with van der Waals surface area (Å²) in [5.74, 6) is 0. The van der Waals surface area contributed by atoms with Crippen molar-refractivity contribution >= 4 is 65.2 Å². The molecule has 8 aromatic rings. The maximum Gasteiger partial charge on any atom is 0.0562 e. The van der Waals surface area contributed by atoms with Crippen molar-refractivity contribution in [2.24, 2.45) is 0 Å². The first kappa shape index (κ1) is 21.5. The molecule has 0 fully saturated rings. The van der Waals surface area contributed by atoms with E-state index in [1.54, 1.807) is 0 Å². The molecule has 0 aliphatic heterocycles. The predicted octanol–water partition coefficient (Wildman–Crippen LogP) is 9.95. The van der Waals surface area contributed by atoms with Gasteiger partial charge in [-0.3, -0.25) is 0 Å². The second kappa shape index (κ2) is 7.49. The third kappa shape index (κ3) is 2.95. The molecule has 0 bridgehead atoms. The number of benzene rings is 6. The van der Waals surface area contributed by atoms with Crippen molar-refractivity contribution in [3.8, 4) is 5.69 Å². The highest BCUT2D eigenvalue weighted by Gasteiger charge is 2.23. The Labute approximate surface area is 221 Å². The average molecular weight is 489 g/mol. The van der Waals surface area contributed by atoms with Crippen LogP contribution >= 0.6 is 0 Å². The van der Waals surface area contributed by atoms with Gasteiger partial charge in [-0.25, -0.2) is 0 Å². The summed E-state index contributed by atoms with van der Waals surface area (Å²) in [6.45, 7) is 6.90. The fourth-order valence-corrected chi connectivity index (χ4v) is 6.49. The fourth-order valence-electron chi connectivity index (χ4n) is 6.49. The number of hydrogen-bond acceptors (Lipinski definition) is 0. The Morgan fingerprint density at radius 3 is 1.74 bits per heavy atom. The van der Waals surface area contributed by atoms with Gasteiger partial charge in [0.2, 0.25) is 0 Å². The van der Waals surface area contributed by atoms with Crippen LogP contribution in [-0.2, 0) is 5.54 Å². The molecule has 0 N–H and O–H groups in total. The minimum Gasteiger partial charge on any atom is -0.335 e. The van der Waals surface area contributed by atoms with E-state index in [0.717, 1.165) is 0 Å². The lowest BCUT2D eigenvalue weighted by atomic mass is 10.0. The minimum absolute atomic E-state index is 0.0482. The summed E-state index contributed by atoms with van der Waals surface area (Å²) in [4.78, 5) is 0. The van der Waals surface area contributed by atoms with Crippen LogP contribution in [0.1, 0.15) is 20.8 Å². The average Bonchev–Trinajstić information content (AvgIpc) is 3.41. The van der Waals surface area contributed by atoms with Crippen molar-refractivity contribution in [1.82, 2.24) is 9.13 Å². The van der Waals surface area contributed by atoms with E-state index in [4.69, 9.17) is 0 Å². The Bertz CT molecular complexity index is 2200. The third-order valence-electron chi connectivity index (χ3n) is 8.07. The van der Waals surface area contributed by atoms with Crippen molar-refractivity contribution in [3.63, 3.8) is 0 Å². The van der Waals surface area contributed by atoms with Crippen LogP contribution in [0.2, 0.25) is 0 Å². The molecule has 2 heterocycles. The van der Waals surface area contributed by atoms with Crippen LogP contribution in [0.3, 0.4) is 0 Å². The molecule has 0 amide bonds. The number of rotatable bonds is 1. The fraction of sp³-hybridized carbons (Fsp3) is 0.111. The van der Waals surface area contributed by atoms with Crippen LogP contribution in [0.5, 0.6) is 0 Å². The minimum atomic E-state index is -0.0482. The molecule has 2 aromatic heterocycles. The molecule has 0 radical (unpaired) electrons. The third-order valence-corrected chi connectivity index (χ3v) is 8.07. The van der Waals surface area contributed by atoms with Gasteiger partial charge in [0.15, 0.2) is 0 Å². The van der Waals surface area contributed by atoms with Gasteiger partial charge in [0.05, 0.1) is 16.6 Å². The molecule has 0 spiro atoms. The number of aromatic nitrogens is 2. The van der Waals surface area contributed by atoms with Crippen molar-refractivity contribution in [1.29, 1.82) is 0 Å². The lowest BCUT2D eigenvalue weighted by Crippen LogP contribution is -2.21. The van der Waals surface area contributed by atoms with Crippen LogP contribution in [-0.4, -0.2) is 9.13 Å². The second-order valence-corrected chi connectivity index (χ2v) is 11.5. The lowest BCUT2D eigenvalue weighted by molar-refractivity contribution is 0.423. The van der Waals surface area contributed by atoms with Crippen LogP contribution < -0.4 is 0 Å². The van der Waals surface area contributed by atoms with Crippen molar-refractivity contribution in [2.45, 2.75) is 26.3 Å². The summed E-state index contributed by atoms with van der Waals surface area (Å²) < 4.78 is 4.96. The highest BCUT2D eigenvalue weighted by Crippen LogP contribution is 2.41. The van der Waals surface area contributed by atoms with Gasteiger partial charge < -0.3 is 9.13 Å². The standard InChI is InChI=1S/C36H28N2/c1-36(2,3)38-32-16-10-9-15-28(32)30-21-31-29-19-25-17-23-11-7-8-12-24(23)18-26(25)20-33(29)37(34(31)22-35(30)38)27-13-5-4-6-14-27/h4-22H,1-3H3. The summed E-state index contributed by atoms with van der Waals surface area (Å²) in [5.41, 5.74) is 6.19. The Kier molecular flexibility index (Phi) is 4.24. The van der Waals surface area contributed by atoms with E-state index in [-0.39, 0.29) is 5.54 Å². The first-order valence-electron chi connectivity index (χ1n) is 13.4. The maximum atomic E-state index is 2.51. The van der Waals surface area contributed by atoms with Gasteiger partial charge in [-0.15, -0.1) is 0 Å². The zero-order valence-corrected chi connectivity index (χ0v) is 21.9. The van der Waals surface area contributed by atoms with E-state index in [1.165, 1.54) is 70.8 Å². The quantitative estimate of drug-likeness (QED) is 0.203. The summed E-state index contributed by atoms with van der Waals surface area (Å²) in [6, 6.07) is 42.6. The number of para-hydroxylation sites is 2. The molecule has 0 atom stereocenters. The highest BCUT2D eigenvalue weighted by atomic mass is 15.1. The van der Waals surface area contributed by atoms with Crippen LogP contribution in [0, 0.1) is 0 Å². The molecule has 38 heavy (non-hydrogen) atoms. The molecule has 182 valence electrons. The maximum absolute atomic E-state index is 2.51. The zero-order chi connectivity index (χ0) is 25.6. The van der Waals surface area contributed by atoms with Crippen molar-refractivity contribution in [3.05, 3.63) is 115 Å². The van der Waals surface area contributed by atoms with E-state index in [0.29, 0.717) is 0 Å². The smallest absolute Gasteiger partial charge is 0.0562 e. The van der Waals surface area contributed by atoms with E-state index < -0.39 is 0 Å². The molecular weight excluding hydrogens is 460 g/mol. The Hall–Kier alpha value is -4.56. The molecule has 0 aliphatic rings.